The maximum Gasteiger partial charge on any atom is 0.223 e. The standard InChI is InChI=1S/C13H22N4/c1-9(2)8-11-15-12(17-13(14)16-11)10-6-4-3-5-7-10/h9-10H,3-8H2,1-2H3,(H2,14,15,16,17). The van der Waals surface area contributed by atoms with Crippen molar-refractivity contribution in [3.8, 4) is 0 Å². The molecule has 4 nitrogen and oxygen atoms in total. The average molecular weight is 234 g/mol. The zero-order chi connectivity index (χ0) is 12.3. The number of nitrogen functional groups attached to an aromatic ring is 1. The minimum atomic E-state index is 0.385. The van der Waals surface area contributed by atoms with E-state index in [2.05, 4.69) is 28.8 Å². The molecule has 1 heterocycles. The van der Waals surface area contributed by atoms with Crippen LogP contribution < -0.4 is 5.73 Å². The maximum atomic E-state index is 5.78. The number of aromatic nitrogens is 3. The van der Waals surface area contributed by atoms with Gasteiger partial charge in [-0.25, -0.2) is 4.98 Å². The summed E-state index contributed by atoms with van der Waals surface area (Å²) in [6.45, 7) is 4.33. The Kier molecular flexibility index (Phi) is 3.92. The molecule has 0 atom stereocenters. The number of anilines is 1. The molecule has 0 saturated heterocycles. The average Bonchev–Trinajstić information content (AvgIpc) is 2.28. The van der Waals surface area contributed by atoms with Gasteiger partial charge in [-0.15, -0.1) is 0 Å². The summed E-state index contributed by atoms with van der Waals surface area (Å²) >= 11 is 0. The molecule has 0 radical (unpaired) electrons. The van der Waals surface area contributed by atoms with E-state index >= 15 is 0 Å². The van der Waals surface area contributed by atoms with Gasteiger partial charge in [0.05, 0.1) is 0 Å². The van der Waals surface area contributed by atoms with Gasteiger partial charge < -0.3 is 5.73 Å². The number of hydrogen-bond donors (Lipinski definition) is 1. The van der Waals surface area contributed by atoms with E-state index in [4.69, 9.17) is 5.73 Å². The molecule has 2 N–H and O–H groups in total. The van der Waals surface area contributed by atoms with Gasteiger partial charge >= 0.3 is 0 Å². The van der Waals surface area contributed by atoms with E-state index in [1.54, 1.807) is 0 Å². The van der Waals surface area contributed by atoms with E-state index in [1.807, 2.05) is 0 Å². The number of nitrogens with two attached hydrogens (primary N) is 1. The Labute approximate surface area is 103 Å². The molecule has 0 unspecified atom stereocenters. The van der Waals surface area contributed by atoms with Gasteiger partial charge in [0, 0.05) is 12.3 Å². The normalized spacial score (nSPS) is 17.6. The first-order chi connectivity index (χ1) is 8.15. The van der Waals surface area contributed by atoms with Gasteiger partial charge in [0.15, 0.2) is 0 Å². The van der Waals surface area contributed by atoms with Gasteiger partial charge in [0.25, 0.3) is 0 Å². The molecule has 4 heteroatoms. The Morgan fingerprint density at radius 1 is 1.12 bits per heavy atom. The third kappa shape index (κ3) is 3.38. The molecule has 1 aromatic rings. The molecule has 0 aliphatic heterocycles. The maximum absolute atomic E-state index is 5.78. The Hall–Kier alpha value is -1.19. The highest BCUT2D eigenvalue weighted by molar-refractivity contribution is 5.18. The highest BCUT2D eigenvalue weighted by atomic mass is 15.1. The summed E-state index contributed by atoms with van der Waals surface area (Å²) in [6, 6.07) is 0. The first-order valence-corrected chi connectivity index (χ1v) is 6.65. The van der Waals surface area contributed by atoms with Crippen molar-refractivity contribution >= 4 is 5.95 Å². The quantitative estimate of drug-likeness (QED) is 0.873. The molecule has 2 rings (SSSR count). The molecule has 1 saturated carbocycles. The summed E-state index contributed by atoms with van der Waals surface area (Å²) in [5, 5.41) is 0. The van der Waals surface area contributed by atoms with Gasteiger partial charge in [0.1, 0.15) is 11.6 Å². The second-order valence-corrected chi connectivity index (χ2v) is 5.40. The lowest BCUT2D eigenvalue weighted by molar-refractivity contribution is 0.426. The van der Waals surface area contributed by atoms with E-state index in [-0.39, 0.29) is 0 Å². The van der Waals surface area contributed by atoms with Crippen molar-refractivity contribution < 1.29 is 0 Å². The molecule has 0 spiro atoms. The zero-order valence-corrected chi connectivity index (χ0v) is 10.8. The molecular weight excluding hydrogens is 212 g/mol. The Morgan fingerprint density at radius 3 is 2.47 bits per heavy atom. The topological polar surface area (TPSA) is 64.7 Å². The lowest BCUT2D eigenvalue weighted by Crippen LogP contribution is -2.14. The summed E-state index contributed by atoms with van der Waals surface area (Å²) in [5.74, 6) is 3.22. The van der Waals surface area contributed by atoms with Crippen LogP contribution in [0.4, 0.5) is 5.95 Å². The number of hydrogen-bond acceptors (Lipinski definition) is 4. The molecule has 1 aliphatic rings. The van der Waals surface area contributed by atoms with Crippen molar-refractivity contribution in [1.82, 2.24) is 15.0 Å². The minimum absolute atomic E-state index is 0.385. The Morgan fingerprint density at radius 2 is 1.82 bits per heavy atom. The van der Waals surface area contributed by atoms with E-state index in [9.17, 15) is 0 Å². The van der Waals surface area contributed by atoms with Crippen molar-refractivity contribution in [3.63, 3.8) is 0 Å². The smallest absolute Gasteiger partial charge is 0.223 e. The molecule has 17 heavy (non-hydrogen) atoms. The van der Waals surface area contributed by atoms with Crippen LogP contribution in [0.25, 0.3) is 0 Å². The zero-order valence-electron chi connectivity index (χ0n) is 10.8. The SMILES string of the molecule is CC(C)Cc1nc(N)nc(C2CCCCC2)n1. The predicted molar refractivity (Wildman–Crippen MR) is 68.6 cm³/mol. The fraction of sp³-hybridized carbons (Fsp3) is 0.769. The summed E-state index contributed by atoms with van der Waals surface area (Å²) in [7, 11) is 0. The first kappa shape index (κ1) is 12.3. The van der Waals surface area contributed by atoms with Crippen LogP contribution in [0.15, 0.2) is 0 Å². The van der Waals surface area contributed by atoms with Crippen LogP contribution in [0.3, 0.4) is 0 Å². The van der Waals surface area contributed by atoms with Crippen LogP contribution in [0, 0.1) is 5.92 Å². The summed E-state index contributed by atoms with van der Waals surface area (Å²) < 4.78 is 0. The monoisotopic (exact) mass is 234 g/mol. The van der Waals surface area contributed by atoms with Crippen molar-refractivity contribution in [2.45, 2.75) is 58.3 Å². The van der Waals surface area contributed by atoms with Crippen LogP contribution in [0.1, 0.15) is 63.5 Å². The van der Waals surface area contributed by atoms with E-state index in [0.717, 1.165) is 18.1 Å². The van der Waals surface area contributed by atoms with Crippen molar-refractivity contribution in [1.29, 1.82) is 0 Å². The second kappa shape index (κ2) is 5.43. The largest absolute Gasteiger partial charge is 0.368 e. The third-order valence-corrected chi connectivity index (χ3v) is 3.28. The lowest BCUT2D eigenvalue weighted by atomic mass is 9.89. The van der Waals surface area contributed by atoms with Crippen LogP contribution >= 0.6 is 0 Å². The van der Waals surface area contributed by atoms with Gasteiger partial charge in [-0.1, -0.05) is 33.1 Å². The van der Waals surface area contributed by atoms with E-state index < -0.39 is 0 Å². The highest BCUT2D eigenvalue weighted by Crippen LogP contribution is 2.30. The van der Waals surface area contributed by atoms with Gasteiger partial charge in [-0.2, -0.15) is 9.97 Å². The molecule has 1 aliphatic carbocycles. The first-order valence-electron chi connectivity index (χ1n) is 6.65. The fourth-order valence-corrected chi connectivity index (χ4v) is 2.46. The van der Waals surface area contributed by atoms with E-state index in [1.165, 1.54) is 32.1 Å². The molecule has 1 fully saturated rings. The molecule has 0 amide bonds. The summed E-state index contributed by atoms with van der Waals surface area (Å²) in [5.41, 5.74) is 5.78. The third-order valence-electron chi connectivity index (χ3n) is 3.28. The predicted octanol–water partition coefficient (Wildman–Crippen LogP) is 2.70. The molecule has 0 bridgehead atoms. The number of nitrogens with zero attached hydrogens (tertiary/aromatic N) is 3. The molecule has 94 valence electrons. The van der Waals surface area contributed by atoms with Crippen molar-refractivity contribution in [2.75, 3.05) is 5.73 Å². The van der Waals surface area contributed by atoms with Gasteiger partial charge in [0.2, 0.25) is 5.95 Å². The summed E-state index contributed by atoms with van der Waals surface area (Å²) in [4.78, 5) is 13.1. The molecule has 1 aromatic heterocycles. The summed E-state index contributed by atoms with van der Waals surface area (Å²) in [6.07, 6.45) is 7.20. The van der Waals surface area contributed by atoms with Gasteiger partial charge in [-0.05, 0) is 18.8 Å². The molecular formula is C13H22N4. The Bertz CT molecular complexity index is 370. The van der Waals surface area contributed by atoms with Crippen LogP contribution in [-0.2, 0) is 6.42 Å². The lowest BCUT2D eigenvalue weighted by Gasteiger charge is -2.20. The minimum Gasteiger partial charge on any atom is -0.368 e. The van der Waals surface area contributed by atoms with Crippen LogP contribution in [0.2, 0.25) is 0 Å². The van der Waals surface area contributed by atoms with Crippen molar-refractivity contribution in [3.05, 3.63) is 11.6 Å². The van der Waals surface area contributed by atoms with Crippen LogP contribution in [-0.4, -0.2) is 15.0 Å². The fourth-order valence-electron chi connectivity index (χ4n) is 2.46. The highest BCUT2D eigenvalue weighted by Gasteiger charge is 2.19. The van der Waals surface area contributed by atoms with E-state index in [0.29, 0.717) is 17.8 Å². The Balaban J connectivity index is 2.18. The second-order valence-electron chi connectivity index (χ2n) is 5.40. The molecule has 0 aromatic carbocycles. The number of rotatable bonds is 3. The van der Waals surface area contributed by atoms with Gasteiger partial charge in [-0.3, -0.25) is 0 Å². The van der Waals surface area contributed by atoms with Crippen LogP contribution in [0.5, 0.6) is 0 Å². The van der Waals surface area contributed by atoms with Crippen molar-refractivity contribution in [2.24, 2.45) is 5.92 Å².